The zero-order chi connectivity index (χ0) is 24.2. The van der Waals surface area contributed by atoms with Gasteiger partial charge >= 0.3 is 0 Å². The van der Waals surface area contributed by atoms with E-state index in [-0.39, 0.29) is 17.6 Å². The van der Waals surface area contributed by atoms with E-state index in [0.29, 0.717) is 58.2 Å². The number of carbonyl (C=O) groups is 2. The summed E-state index contributed by atoms with van der Waals surface area (Å²) in [5, 5.41) is 14.5. The Morgan fingerprint density at radius 2 is 1.74 bits per heavy atom. The molecule has 0 spiro atoms. The highest BCUT2D eigenvalue weighted by Crippen LogP contribution is 2.32. The number of pyridine rings is 1. The van der Waals surface area contributed by atoms with Crippen LogP contribution < -0.4 is 24.8 Å². The number of ether oxygens (including phenoxy) is 3. The van der Waals surface area contributed by atoms with E-state index < -0.39 is 0 Å². The van der Waals surface area contributed by atoms with Crippen LogP contribution in [0.2, 0.25) is 0 Å². The van der Waals surface area contributed by atoms with Crippen molar-refractivity contribution in [2.75, 3.05) is 36.7 Å². The summed E-state index contributed by atoms with van der Waals surface area (Å²) in [6, 6.07) is 15.7. The molecule has 0 atom stereocenters. The highest BCUT2D eigenvalue weighted by Gasteiger charge is 2.15. The van der Waals surface area contributed by atoms with Gasteiger partial charge in [-0.3, -0.25) is 14.0 Å². The van der Waals surface area contributed by atoms with Gasteiger partial charge < -0.3 is 24.8 Å². The first kappa shape index (κ1) is 22.5. The number of aromatic nitrogens is 3. The lowest BCUT2D eigenvalue weighted by atomic mass is 10.2. The molecule has 0 saturated heterocycles. The second-order valence-electron chi connectivity index (χ2n) is 7.51. The zero-order valence-electron chi connectivity index (χ0n) is 18.7. The Balaban J connectivity index is 1.23. The normalized spacial score (nSPS) is 12.3. The van der Waals surface area contributed by atoms with E-state index in [9.17, 15) is 9.59 Å². The number of nitrogens with zero attached hydrogens (tertiary/aromatic N) is 3. The van der Waals surface area contributed by atoms with E-state index in [4.69, 9.17) is 14.2 Å². The fraction of sp³-hybridized carbons (Fsp3) is 0.167. The first-order valence-corrected chi connectivity index (χ1v) is 11.7. The Labute approximate surface area is 204 Å². The molecule has 2 aromatic carbocycles. The van der Waals surface area contributed by atoms with Crippen molar-refractivity contribution in [2.45, 2.75) is 5.16 Å². The third-order valence-corrected chi connectivity index (χ3v) is 6.08. The molecule has 2 amide bonds. The summed E-state index contributed by atoms with van der Waals surface area (Å²) in [4.78, 5) is 25.2. The maximum absolute atomic E-state index is 12.7. The molecule has 2 aromatic heterocycles. The molecule has 0 unspecified atom stereocenters. The maximum Gasteiger partial charge on any atom is 0.257 e. The van der Waals surface area contributed by atoms with Crippen LogP contribution in [0.3, 0.4) is 0 Å². The van der Waals surface area contributed by atoms with Crippen LogP contribution in [-0.2, 0) is 4.79 Å². The number of carbonyl (C=O) groups excluding carboxylic acids is 2. The van der Waals surface area contributed by atoms with E-state index >= 15 is 0 Å². The lowest BCUT2D eigenvalue weighted by Gasteiger charge is -2.18. The predicted molar refractivity (Wildman–Crippen MR) is 131 cm³/mol. The van der Waals surface area contributed by atoms with Gasteiger partial charge in [-0.15, -0.1) is 10.2 Å². The van der Waals surface area contributed by atoms with Crippen molar-refractivity contribution < 1.29 is 23.8 Å². The van der Waals surface area contributed by atoms with Crippen molar-refractivity contribution in [1.29, 1.82) is 0 Å². The molecule has 1 aliphatic rings. The number of amides is 2. The standard InChI is InChI=1S/C24H21N5O5S/c1-32-18-6-3-16(4-7-18)26-23(31)15-2-9-21-27-28-24(29(21)13-15)35-14-22(30)25-17-5-8-19-20(12-17)34-11-10-33-19/h2-9,12-13H,10-11,14H2,1H3,(H,25,30)(H,26,31). The van der Waals surface area contributed by atoms with E-state index in [1.165, 1.54) is 11.8 Å². The van der Waals surface area contributed by atoms with Crippen molar-refractivity contribution in [3.63, 3.8) is 0 Å². The topological polar surface area (TPSA) is 116 Å². The van der Waals surface area contributed by atoms with Gasteiger partial charge in [0.1, 0.15) is 19.0 Å². The van der Waals surface area contributed by atoms with E-state index in [1.54, 1.807) is 72.3 Å². The maximum atomic E-state index is 12.7. The molecule has 5 rings (SSSR count). The highest BCUT2D eigenvalue weighted by atomic mass is 32.2. The molecule has 0 saturated carbocycles. The summed E-state index contributed by atoms with van der Waals surface area (Å²) in [6.45, 7) is 0.979. The van der Waals surface area contributed by atoms with Crippen LogP contribution in [-0.4, -0.2) is 52.5 Å². The number of nitrogens with one attached hydrogen (secondary N) is 2. The van der Waals surface area contributed by atoms with E-state index in [0.717, 1.165) is 0 Å². The van der Waals surface area contributed by atoms with Crippen LogP contribution in [0.15, 0.2) is 66.0 Å². The summed E-state index contributed by atoms with van der Waals surface area (Å²) in [7, 11) is 1.58. The molecule has 0 fully saturated rings. The number of thioether (sulfide) groups is 1. The molecule has 0 bridgehead atoms. The molecular formula is C24H21N5O5S. The van der Waals surface area contributed by atoms with Crippen LogP contribution in [0, 0.1) is 0 Å². The quantitative estimate of drug-likeness (QED) is 0.378. The Kier molecular flexibility index (Phi) is 6.40. The molecule has 0 aliphatic carbocycles. The number of methoxy groups -OCH3 is 1. The molecule has 35 heavy (non-hydrogen) atoms. The lowest BCUT2D eigenvalue weighted by Crippen LogP contribution is -2.17. The Morgan fingerprint density at radius 1 is 0.971 bits per heavy atom. The number of hydrogen-bond donors (Lipinski definition) is 2. The molecule has 178 valence electrons. The zero-order valence-corrected chi connectivity index (χ0v) is 19.5. The molecule has 11 heteroatoms. The molecule has 10 nitrogen and oxygen atoms in total. The summed E-state index contributed by atoms with van der Waals surface area (Å²) >= 11 is 1.22. The second-order valence-corrected chi connectivity index (χ2v) is 8.45. The number of benzene rings is 2. The fourth-order valence-electron chi connectivity index (χ4n) is 3.43. The number of rotatable bonds is 7. The number of hydrogen-bond acceptors (Lipinski definition) is 8. The summed E-state index contributed by atoms with van der Waals surface area (Å²) in [6.07, 6.45) is 1.65. The average Bonchev–Trinajstić information content (AvgIpc) is 3.30. The van der Waals surface area contributed by atoms with Crippen LogP contribution >= 0.6 is 11.8 Å². The van der Waals surface area contributed by atoms with E-state index in [2.05, 4.69) is 20.8 Å². The van der Waals surface area contributed by atoms with Gasteiger partial charge in [0.25, 0.3) is 5.91 Å². The summed E-state index contributed by atoms with van der Waals surface area (Å²) < 4.78 is 17.9. The smallest absolute Gasteiger partial charge is 0.257 e. The van der Waals surface area contributed by atoms with Crippen molar-refractivity contribution in [2.24, 2.45) is 0 Å². The monoisotopic (exact) mass is 491 g/mol. The van der Waals surface area contributed by atoms with Crippen molar-refractivity contribution in [1.82, 2.24) is 14.6 Å². The molecule has 3 heterocycles. The molecule has 2 N–H and O–H groups in total. The minimum absolute atomic E-state index is 0.109. The minimum Gasteiger partial charge on any atom is -0.497 e. The van der Waals surface area contributed by atoms with Crippen molar-refractivity contribution >= 4 is 40.6 Å². The minimum atomic E-state index is -0.280. The summed E-state index contributed by atoms with van der Waals surface area (Å²) in [5.74, 6) is 1.58. The van der Waals surface area contributed by atoms with E-state index in [1.807, 2.05) is 0 Å². The Hall–Kier alpha value is -4.25. The third-order valence-electron chi connectivity index (χ3n) is 5.14. The van der Waals surface area contributed by atoms with Gasteiger partial charge in [-0.1, -0.05) is 11.8 Å². The highest BCUT2D eigenvalue weighted by molar-refractivity contribution is 7.99. The van der Waals surface area contributed by atoms with Crippen LogP contribution in [0.4, 0.5) is 11.4 Å². The molecule has 4 aromatic rings. The average molecular weight is 492 g/mol. The largest absolute Gasteiger partial charge is 0.497 e. The van der Waals surface area contributed by atoms with Gasteiger partial charge in [0.15, 0.2) is 22.3 Å². The Morgan fingerprint density at radius 3 is 2.54 bits per heavy atom. The summed E-state index contributed by atoms with van der Waals surface area (Å²) in [5.41, 5.74) is 2.25. The Bertz CT molecular complexity index is 1390. The van der Waals surface area contributed by atoms with Gasteiger partial charge in [-0.05, 0) is 48.5 Å². The van der Waals surface area contributed by atoms with Crippen LogP contribution in [0.25, 0.3) is 5.65 Å². The fourth-order valence-corrected chi connectivity index (χ4v) is 4.14. The van der Waals surface area contributed by atoms with Crippen molar-refractivity contribution in [3.8, 4) is 17.2 Å². The number of fused-ring (bicyclic) bond motifs is 2. The number of anilines is 2. The van der Waals surface area contributed by atoms with Gasteiger partial charge in [-0.2, -0.15) is 0 Å². The van der Waals surface area contributed by atoms with Crippen molar-refractivity contribution in [3.05, 3.63) is 66.4 Å². The first-order valence-electron chi connectivity index (χ1n) is 10.7. The molecule has 0 radical (unpaired) electrons. The van der Waals surface area contributed by atoms with Crippen LogP contribution in [0.1, 0.15) is 10.4 Å². The van der Waals surface area contributed by atoms with Gasteiger partial charge in [0.05, 0.1) is 18.4 Å². The lowest BCUT2D eigenvalue weighted by molar-refractivity contribution is -0.113. The SMILES string of the molecule is COc1ccc(NC(=O)c2ccc3nnc(SCC(=O)Nc4ccc5c(c4)OCCO5)n3c2)cc1. The second kappa shape index (κ2) is 9.94. The first-order chi connectivity index (χ1) is 17.1. The third kappa shape index (κ3) is 5.14. The van der Waals surface area contributed by atoms with Gasteiger partial charge in [0, 0.05) is 23.6 Å². The molecule has 1 aliphatic heterocycles. The predicted octanol–water partition coefficient (Wildman–Crippen LogP) is 3.49. The van der Waals surface area contributed by atoms with Gasteiger partial charge in [-0.25, -0.2) is 0 Å². The van der Waals surface area contributed by atoms with Gasteiger partial charge in [0.2, 0.25) is 5.91 Å². The molecular weight excluding hydrogens is 470 g/mol. The van der Waals surface area contributed by atoms with Crippen LogP contribution in [0.5, 0.6) is 17.2 Å².